The topological polar surface area (TPSA) is 75.6 Å². The molecular weight excluding hydrogens is 270 g/mol. The number of aromatic carboxylic acids is 1. The van der Waals surface area contributed by atoms with E-state index < -0.39 is 12.1 Å². The Labute approximate surface area is 115 Å². The molecule has 19 heavy (non-hydrogen) atoms. The van der Waals surface area contributed by atoms with Gasteiger partial charge in [-0.05, 0) is 37.5 Å². The standard InChI is InChI=1S/C13H14ClNO4/c14-10-7-8(4-5-9(10)13(17)18)15-12(16)11-3-1-2-6-19-11/h4-5,7,11H,1-3,6H2,(H,15,16)(H,17,18). The van der Waals surface area contributed by atoms with Gasteiger partial charge in [0.15, 0.2) is 0 Å². The van der Waals surface area contributed by atoms with Crippen LogP contribution in [0.5, 0.6) is 0 Å². The van der Waals surface area contributed by atoms with E-state index in [0.29, 0.717) is 18.7 Å². The van der Waals surface area contributed by atoms with Gasteiger partial charge in [-0.2, -0.15) is 0 Å². The predicted molar refractivity (Wildman–Crippen MR) is 70.6 cm³/mol. The highest BCUT2D eigenvalue weighted by atomic mass is 35.5. The number of benzene rings is 1. The summed E-state index contributed by atoms with van der Waals surface area (Å²) in [5, 5.41) is 11.6. The number of anilines is 1. The van der Waals surface area contributed by atoms with Crippen LogP contribution < -0.4 is 5.32 Å². The number of hydrogen-bond acceptors (Lipinski definition) is 3. The number of rotatable bonds is 3. The highest BCUT2D eigenvalue weighted by molar-refractivity contribution is 6.33. The van der Waals surface area contributed by atoms with Crippen molar-refractivity contribution in [1.82, 2.24) is 0 Å². The van der Waals surface area contributed by atoms with Gasteiger partial charge < -0.3 is 15.2 Å². The SMILES string of the molecule is O=C(O)c1ccc(NC(=O)C2CCCCO2)cc1Cl. The second-order valence-electron chi connectivity index (χ2n) is 4.34. The quantitative estimate of drug-likeness (QED) is 0.894. The molecule has 1 fully saturated rings. The molecule has 1 unspecified atom stereocenters. The van der Waals surface area contributed by atoms with Crippen molar-refractivity contribution in [1.29, 1.82) is 0 Å². The summed E-state index contributed by atoms with van der Waals surface area (Å²) in [6.45, 7) is 0.594. The van der Waals surface area contributed by atoms with Gasteiger partial charge in [-0.25, -0.2) is 4.79 Å². The van der Waals surface area contributed by atoms with Gasteiger partial charge in [0.2, 0.25) is 0 Å². The third-order valence-corrected chi connectivity index (χ3v) is 3.25. The lowest BCUT2D eigenvalue weighted by Crippen LogP contribution is -2.33. The second kappa shape index (κ2) is 6.04. The minimum absolute atomic E-state index is 0.00795. The van der Waals surface area contributed by atoms with E-state index in [9.17, 15) is 9.59 Å². The number of carbonyl (C=O) groups excluding carboxylic acids is 1. The highest BCUT2D eigenvalue weighted by Crippen LogP contribution is 2.22. The molecule has 1 heterocycles. The summed E-state index contributed by atoms with van der Waals surface area (Å²) in [5.74, 6) is -1.32. The highest BCUT2D eigenvalue weighted by Gasteiger charge is 2.22. The van der Waals surface area contributed by atoms with Crippen molar-refractivity contribution in [3.05, 3.63) is 28.8 Å². The van der Waals surface area contributed by atoms with E-state index >= 15 is 0 Å². The predicted octanol–water partition coefficient (Wildman–Crippen LogP) is 2.55. The van der Waals surface area contributed by atoms with Crippen LogP contribution in [0.2, 0.25) is 5.02 Å². The first-order valence-corrected chi connectivity index (χ1v) is 6.41. The molecule has 0 spiro atoms. The zero-order chi connectivity index (χ0) is 13.8. The van der Waals surface area contributed by atoms with Crippen LogP contribution in [0.15, 0.2) is 18.2 Å². The summed E-state index contributed by atoms with van der Waals surface area (Å²) in [7, 11) is 0. The van der Waals surface area contributed by atoms with Gasteiger partial charge in [-0.3, -0.25) is 4.79 Å². The maximum atomic E-state index is 11.9. The van der Waals surface area contributed by atoms with E-state index in [1.165, 1.54) is 18.2 Å². The number of carbonyl (C=O) groups is 2. The van der Waals surface area contributed by atoms with E-state index in [1.807, 2.05) is 0 Å². The first kappa shape index (κ1) is 13.8. The maximum Gasteiger partial charge on any atom is 0.337 e. The smallest absolute Gasteiger partial charge is 0.337 e. The van der Waals surface area contributed by atoms with E-state index in [-0.39, 0.29) is 16.5 Å². The first-order valence-electron chi connectivity index (χ1n) is 6.03. The molecule has 0 bridgehead atoms. The van der Waals surface area contributed by atoms with Crippen LogP contribution in [0.25, 0.3) is 0 Å². The van der Waals surface area contributed by atoms with E-state index in [1.54, 1.807) is 0 Å². The lowest BCUT2D eigenvalue weighted by atomic mass is 10.1. The van der Waals surface area contributed by atoms with Gasteiger partial charge in [-0.15, -0.1) is 0 Å². The van der Waals surface area contributed by atoms with Crippen molar-refractivity contribution < 1.29 is 19.4 Å². The fourth-order valence-electron chi connectivity index (χ4n) is 1.94. The molecule has 0 aromatic heterocycles. The molecule has 102 valence electrons. The molecule has 1 aliphatic heterocycles. The van der Waals surface area contributed by atoms with Crippen LogP contribution in [0.3, 0.4) is 0 Å². The molecule has 0 saturated carbocycles. The molecule has 2 N–H and O–H groups in total. The van der Waals surface area contributed by atoms with Crippen molar-refractivity contribution in [2.45, 2.75) is 25.4 Å². The fraction of sp³-hybridized carbons (Fsp3) is 0.385. The summed E-state index contributed by atoms with van der Waals surface area (Å²) in [4.78, 5) is 22.7. The number of carboxylic acid groups (broad SMARTS) is 1. The maximum absolute atomic E-state index is 11.9. The van der Waals surface area contributed by atoms with E-state index in [4.69, 9.17) is 21.4 Å². The normalized spacial score (nSPS) is 18.9. The summed E-state index contributed by atoms with van der Waals surface area (Å²) >= 11 is 5.83. The van der Waals surface area contributed by atoms with Crippen molar-refractivity contribution in [2.75, 3.05) is 11.9 Å². The average molecular weight is 284 g/mol. The van der Waals surface area contributed by atoms with Crippen molar-refractivity contribution in [2.24, 2.45) is 0 Å². The second-order valence-corrected chi connectivity index (χ2v) is 4.75. The first-order chi connectivity index (χ1) is 9.08. The van der Waals surface area contributed by atoms with Crippen molar-refractivity contribution in [3.8, 4) is 0 Å². The molecule has 0 aliphatic carbocycles. The monoisotopic (exact) mass is 283 g/mol. The Morgan fingerprint density at radius 3 is 2.74 bits per heavy atom. The Balaban J connectivity index is 2.04. The van der Waals surface area contributed by atoms with Crippen LogP contribution in [0.4, 0.5) is 5.69 Å². The van der Waals surface area contributed by atoms with E-state index in [0.717, 1.165) is 12.8 Å². The Morgan fingerprint density at radius 2 is 2.16 bits per heavy atom. The van der Waals surface area contributed by atoms with Gasteiger partial charge in [-0.1, -0.05) is 11.6 Å². The van der Waals surface area contributed by atoms with Crippen molar-refractivity contribution in [3.63, 3.8) is 0 Å². The fourth-order valence-corrected chi connectivity index (χ4v) is 2.20. The van der Waals surface area contributed by atoms with E-state index in [2.05, 4.69) is 5.32 Å². The number of hydrogen-bond donors (Lipinski definition) is 2. The molecule has 1 atom stereocenters. The Kier molecular flexibility index (Phi) is 4.39. The average Bonchev–Trinajstić information content (AvgIpc) is 2.39. The van der Waals surface area contributed by atoms with Gasteiger partial charge in [0.1, 0.15) is 6.10 Å². The third kappa shape index (κ3) is 3.45. The number of ether oxygens (including phenoxy) is 1. The molecule has 1 aromatic carbocycles. The summed E-state index contributed by atoms with van der Waals surface area (Å²) in [6, 6.07) is 4.30. The van der Waals surface area contributed by atoms with Crippen LogP contribution in [-0.4, -0.2) is 29.7 Å². The number of halogens is 1. The molecule has 1 amide bonds. The zero-order valence-electron chi connectivity index (χ0n) is 10.2. The largest absolute Gasteiger partial charge is 0.478 e. The molecule has 1 saturated heterocycles. The van der Waals surface area contributed by atoms with Gasteiger partial charge in [0.25, 0.3) is 5.91 Å². The zero-order valence-corrected chi connectivity index (χ0v) is 10.9. The Morgan fingerprint density at radius 1 is 1.37 bits per heavy atom. The molecule has 2 rings (SSSR count). The summed E-state index contributed by atoms with van der Waals surface area (Å²) in [5.41, 5.74) is 0.475. The molecular formula is C13H14ClNO4. The van der Waals surface area contributed by atoms with Crippen LogP contribution >= 0.6 is 11.6 Å². The minimum Gasteiger partial charge on any atom is -0.478 e. The Bertz CT molecular complexity index is 497. The van der Waals surface area contributed by atoms with Crippen LogP contribution in [-0.2, 0) is 9.53 Å². The lowest BCUT2D eigenvalue weighted by Gasteiger charge is -2.21. The Hall–Kier alpha value is -1.59. The minimum atomic E-state index is -1.10. The molecule has 6 heteroatoms. The molecule has 1 aromatic rings. The summed E-state index contributed by atoms with van der Waals surface area (Å²) in [6.07, 6.45) is 2.21. The number of carboxylic acids is 1. The van der Waals surface area contributed by atoms with Gasteiger partial charge >= 0.3 is 5.97 Å². The third-order valence-electron chi connectivity index (χ3n) is 2.94. The number of amides is 1. The molecule has 1 aliphatic rings. The molecule has 5 nitrogen and oxygen atoms in total. The van der Waals surface area contributed by atoms with Crippen molar-refractivity contribution >= 4 is 29.2 Å². The summed E-state index contributed by atoms with van der Waals surface area (Å²) < 4.78 is 5.36. The van der Waals surface area contributed by atoms with Crippen LogP contribution in [0, 0.1) is 0 Å². The molecule has 0 radical (unpaired) electrons. The van der Waals surface area contributed by atoms with Gasteiger partial charge in [0.05, 0.1) is 10.6 Å². The van der Waals surface area contributed by atoms with Gasteiger partial charge in [0, 0.05) is 12.3 Å². The number of nitrogens with one attached hydrogen (secondary N) is 1. The van der Waals surface area contributed by atoms with Crippen LogP contribution in [0.1, 0.15) is 29.6 Å². The lowest BCUT2D eigenvalue weighted by molar-refractivity contribution is -0.129.